The van der Waals surface area contributed by atoms with Crippen molar-refractivity contribution < 1.29 is 4.42 Å². The van der Waals surface area contributed by atoms with Gasteiger partial charge in [0.1, 0.15) is 5.58 Å². The number of halogens is 1. The molecule has 0 atom stereocenters. The van der Waals surface area contributed by atoms with Gasteiger partial charge in [-0.25, -0.2) is 0 Å². The van der Waals surface area contributed by atoms with Crippen molar-refractivity contribution in [2.45, 2.75) is 6.54 Å². The molecule has 0 unspecified atom stereocenters. The van der Waals surface area contributed by atoms with Gasteiger partial charge in [-0.05, 0) is 13.1 Å². The number of hydrogen-bond acceptors (Lipinski definition) is 2. The highest BCUT2D eigenvalue weighted by Crippen LogP contribution is 2.34. The molecule has 0 spiro atoms. The van der Waals surface area contributed by atoms with Crippen molar-refractivity contribution in [3.63, 3.8) is 0 Å². The van der Waals surface area contributed by atoms with E-state index in [1.54, 1.807) is 6.26 Å². The molecule has 1 heterocycles. The van der Waals surface area contributed by atoms with E-state index in [1.807, 2.05) is 37.4 Å². The predicted molar refractivity (Wildman–Crippen MR) is 71.5 cm³/mol. The Balaban J connectivity index is 2.42. The molecule has 2 aromatic carbocycles. The monoisotopic (exact) mass is 245 g/mol. The third kappa shape index (κ3) is 1.61. The van der Waals surface area contributed by atoms with Gasteiger partial charge in [-0.2, -0.15) is 0 Å². The minimum atomic E-state index is 0.770. The third-order valence-electron chi connectivity index (χ3n) is 2.98. The maximum Gasteiger partial charge on any atom is 0.142 e. The molecule has 0 saturated heterocycles. The molecular weight excluding hydrogens is 234 g/mol. The van der Waals surface area contributed by atoms with Crippen molar-refractivity contribution in [1.82, 2.24) is 5.32 Å². The van der Waals surface area contributed by atoms with E-state index in [0.717, 1.165) is 38.9 Å². The van der Waals surface area contributed by atoms with Crippen LogP contribution in [0.15, 0.2) is 41.0 Å². The van der Waals surface area contributed by atoms with Crippen LogP contribution in [0.25, 0.3) is 21.7 Å². The van der Waals surface area contributed by atoms with Crippen LogP contribution in [0.2, 0.25) is 5.02 Å². The fourth-order valence-electron chi connectivity index (χ4n) is 2.19. The summed E-state index contributed by atoms with van der Waals surface area (Å²) in [5.74, 6) is 0. The lowest BCUT2D eigenvalue weighted by Gasteiger charge is -2.02. The number of rotatable bonds is 2. The predicted octanol–water partition coefficient (Wildman–Crippen LogP) is 3.96. The van der Waals surface area contributed by atoms with E-state index in [0.29, 0.717) is 0 Å². The highest BCUT2D eigenvalue weighted by Gasteiger charge is 2.11. The number of fused-ring (bicyclic) bond motifs is 3. The first kappa shape index (κ1) is 10.6. The van der Waals surface area contributed by atoms with Crippen molar-refractivity contribution in [3.05, 3.63) is 47.2 Å². The van der Waals surface area contributed by atoms with Crippen LogP contribution < -0.4 is 5.32 Å². The van der Waals surface area contributed by atoms with Crippen molar-refractivity contribution in [3.8, 4) is 0 Å². The molecule has 0 fully saturated rings. The summed E-state index contributed by atoms with van der Waals surface area (Å²) in [6, 6.07) is 10.0. The highest BCUT2D eigenvalue weighted by molar-refractivity contribution is 6.37. The summed E-state index contributed by atoms with van der Waals surface area (Å²) in [6.45, 7) is 0.779. The van der Waals surface area contributed by atoms with Crippen molar-refractivity contribution in [2.75, 3.05) is 7.05 Å². The molecule has 3 aromatic rings. The van der Waals surface area contributed by atoms with Crippen molar-refractivity contribution >= 4 is 33.3 Å². The summed E-state index contributed by atoms with van der Waals surface area (Å²) in [5.41, 5.74) is 2.05. The maximum atomic E-state index is 6.30. The van der Waals surface area contributed by atoms with Gasteiger partial charge >= 0.3 is 0 Å². The van der Waals surface area contributed by atoms with Crippen LogP contribution in [-0.2, 0) is 6.54 Å². The second kappa shape index (κ2) is 4.06. The standard InChI is InChI=1S/C14H12ClNO/c1-16-7-9-8-17-14-11-5-3-2-4-10(11)13(15)6-12(9)14/h2-6,8,16H,7H2,1H3. The van der Waals surface area contributed by atoms with E-state index in [1.165, 1.54) is 0 Å². The Morgan fingerprint density at radius 1 is 1.18 bits per heavy atom. The number of nitrogens with one attached hydrogen (secondary N) is 1. The van der Waals surface area contributed by atoms with Crippen LogP contribution in [0.4, 0.5) is 0 Å². The van der Waals surface area contributed by atoms with Crippen molar-refractivity contribution in [2.24, 2.45) is 0 Å². The summed E-state index contributed by atoms with van der Waals surface area (Å²) in [7, 11) is 1.92. The van der Waals surface area contributed by atoms with Crippen LogP contribution in [-0.4, -0.2) is 7.05 Å². The molecule has 0 aliphatic heterocycles. The Morgan fingerprint density at radius 2 is 1.94 bits per heavy atom. The van der Waals surface area contributed by atoms with Crippen LogP contribution in [0, 0.1) is 0 Å². The van der Waals surface area contributed by atoms with E-state index in [4.69, 9.17) is 16.0 Å². The molecule has 0 radical (unpaired) electrons. The zero-order chi connectivity index (χ0) is 11.8. The summed E-state index contributed by atoms with van der Waals surface area (Å²) in [6.07, 6.45) is 1.80. The lowest BCUT2D eigenvalue weighted by molar-refractivity contribution is 0.610. The zero-order valence-electron chi connectivity index (χ0n) is 9.46. The molecule has 0 aliphatic rings. The van der Waals surface area contributed by atoms with E-state index >= 15 is 0 Å². The Hall–Kier alpha value is -1.51. The minimum absolute atomic E-state index is 0.770. The lowest BCUT2D eigenvalue weighted by Crippen LogP contribution is -2.03. The van der Waals surface area contributed by atoms with Gasteiger partial charge in [0.05, 0.1) is 6.26 Å². The first-order valence-corrected chi connectivity index (χ1v) is 5.91. The van der Waals surface area contributed by atoms with Crippen LogP contribution in [0.1, 0.15) is 5.56 Å². The zero-order valence-corrected chi connectivity index (χ0v) is 10.2. The molecule has 86 valence electrons. The van der Waals surface area contributed by atoms with Gasteiger partial charge in [0, 0.05) is 33.3 Å². The second-order valence-corrected chi connectivity index (χ2v) is 4.48. The molecule has 1 aromatic heterocycles. The molecule has 3 rings (SSSR count). The van der Waals surface area contributed by atoms with Crippen LogP contribution in [0.5, 0.6) is 0 Å². The molecule has 0 saturated carbocycles. The van der Waals surface area contributed by atoms with E-state index in [-0.39, 0.29) is 0 Å². The number of furan rings is 1. The topological polar surface area (TPSA) is 25.2 Å². The summed E-state index contributed by atoms with van der Waals surface area (Å²) in [5, 5.41) is 7.08. The Bertz CT molecular complexity index is 687. The van der Waals surface area contributed by atoms with E-state index < -0.39 is 0 Å². The average molecular weight is 246 g/mol. The first-order chi connectivity index (χ1) is 8.31. The lowest BCUT2D eigenvalue weighted by atomic mass is 10.1. The van der Waals surface area contributed by atoms with Gasteiger partial charge < -0.3 is 9.73 Å². The normalized spacial score (nSPS) is 11.4. The Labute approximate surface area is 104 Å². The molecule has 2 nitrogen and oxygen atoms in total. The quantitative estimate of drug-likeness (QED) is 0.739. The highest BCUT2D eigenvalue weighted by atomic mass is 35.5. The van der Waals surface area contributed by atoms with Gasteiger partial charge in [-0.1, -0.05) is 35.9 Å². The van der Waals surface area contributed by atoms with Gasteiger partial charge in [-0.3, -0.25) is 0 Å². The minimum Gasteiger partial charge on any atom is -0.463 e. The van der Waals surface area contributed by atoms with Gasteiger partial charge in [0.15, 0.2) is 0 Å². The van der Waals surface area contributed by atoms with E-state index in [2.05, 4.69) is 5.32 Å². The largest absolute Gasteiger partial charge is 0.463 e. The molecule has 1 N–H and O–H groups in total. The molecule has 0 aliphatic carbocycles. The molecule has 17 heavy (non-hydrogen) atoms. The van der Waals surface area contributed by atoms with Gasteiger partial charge in [-0.15, -0.1) is 0 Å². The fourth-order valence-corrected chi connectivity index (χ4v) is 2.46. The molecule has 3 heteroatoms. The van der Waals surface area contributed by atoms with Crippen LogP contribution >= 0.6 is 11.6 Å². The first-order valence-electron chi connectivity index (χ1n) is 5.53. The Kier molecular flexibility index (Phi) is 2.54. The van der Waals surface area contributed by atoms with E-state index in [9.17, 15) is 0 Å². The van der Waals surface area contributed by atoms with Crippen molar-refractivity contribution in [1.29, 1.82) is 0 Å². The van der Waals surface area contributed by atoms with Crippen LogP contribution in [0.3, 0.4) is 0 Å². The summed E-state index contributed by atoms with van der Waals surface area (Å²) < 4.78 is 5.67. The number of hydrogen-bond donors (Lipinski definition) is 1. The van der Waals surface area contributed by atoms with Gasteiger partial charge in [0.2, 0.25) is 0 Å². The Morgan fingerprint density at radius 3 is 2.71 bits per heavy atom. The van der Waals surface area contributed by atoms with Gasteiger partial charge in [0.25, 0.3) is 0 Å². The molecule has 0 bridgehead atoms. The molecule has 0 amide bonds. The second-order valence-electron chi connectivity index (χ2n) is 4.07. The SMILES string of the molecule is CNCc1coc2c1cc(Cl)c1ccccc12. The number of benzene rings is 2. The fraction of sp³-hybridized carbons (Fsp3) is 0.143. The molecular formula is C14H12ClNO. The summed E-state index contributed by atoms with van der Waals surface area (Å²) >= 11 is 6.30. The maximum absolute atomic E-state index is 6.30. The average Bonchev–Trinajstić information content (AvgIpc) is 2.74. The third-order valence-corrected chi connectivity index (χ3v) is 3.29. The summed E-state index contributed by atoms with van der Waals surface area (Å²) in [4.78, 5) is 0. The smallest absolute Gasteiger partial charge is 0.142 e.